The Balaban J connectivity index is 1.84. The van der Waals surface area contributed by atoms with Gasteiger partial charge in [0, 0.05) is 16.9 Å². The van der Waals surface area contributed by atoms with E-state index in [4.69, 9.17) is 0 Å². The zero-order valence-corrected chi connectivity index (χ0v) is 12.9. The maximum Gasteiger partial charge on any atom is 0.0210 e. The number of rotatable bonds is 2. The highest BCUT2D eigenvalue weighted by atomic mass is 79.9. The van der Waals surface area contributed by atoms with Crippen molar-refractivity contribution < 1.29 is 0 Å². The maximum absolute atomic E-state index is 3.74. The predicted octanol–water partition coefficient (Wildman–Crippen LogP) is 4.50. The molecule has 0 saturated carbocycles. The number of allylic oxidation sites excluding steroid dienone is 2. The van der Waals surface area contributed by atoms with Gasteiger partial charge >= 0.3 is 0 Å². The van der Waals surface area contributed by atoms with Crippen molar-refractivity contribution >= 4 is 15.9 Å². The second kappa shape index (κ2) is 6.23. The number of benzene rings is 1. The summed E-state index contributed by atoms with van der Waals surface area (Å²) in [4.78, 5) is 0. The van der Waals surface area contributed by atoms with Gasteiger partial charge in [0.2, 0.25) is 0 Å². The van der Waals surface area contributed by atoms with Crippen LogP contribution in [0, 0.1) is 11.8 Å². The molecule has 2 aliphatic rings. The SMILES string of the molecule is Brc1ccccc1C1CNCCC1C1CC=CCC1. The van der Waals surface area contributed by atoms with Gasteiger partial charge in [-0.3, -0.25) is 0 Å². The first-order chi connectivity index (χ1) is 9.36. The van der Waals surface area contributed by atoms with Gasteiger partial charge in [0.25, 0.3) is 0 Å². The van der Waals surface area contributed by atoms with Crippen molar-refractivity contribution in [2.45, 2.75) is 31.6 Å². The van der Waals surface area contributed by atoms with Crippen molar-refractivity contribution in [3.8, 4) is 0 Å². The van der Waals surface area contributed by atoms with Crippen LogP contribution in [0.1, 0.15) is 37.2 Å². The second-order valence-electron chi connectivity index (χ2n) is 5.83. The summed E-state index contributed by atoms with van der Waals surface area (Å²) in [7, 11) is 0. The summed E-state index contributed by atoms with van der Waals surface area (Å²) in [6.07, 6.45) is 10.0. The monoisotopic (exact) mass is 319 g/mol. The Hall–Kier alpha value is -0.600. The summed E-state index contributed by atoms with van der Waals surface area (Å²) in [5, 5.41) is 3.59. The minimum Gasteiger partial charge on any atom is -0.316 e. The van der Waals surface area contributed by atoms with Gasteiger partial charge in [-0.15, -0.1) is 0 Å². The number of hydrogen-bond acceptors (Lipinski definition) is 1. The van der Waals surface area contributed by atoms with Crippen LogP contribution in [-0.4, -0.2) is 13.1 Å². The first-order valence-electron chi connectivity index (χ1n) is 7.46. The lowest BCUT2D eigenvalue weighted by molar-refractivity contribution is 0.211. The third-order valence-electron chi connectivity index (χ3n) is 4.76. The molecule has 3 unspecified atom stereocenters. The minimum absolute atomic E-state index is 0.667. The van der Waals surface area contributed by atoms with Crippen molar-refractivity contribution in [2.75, 3.05) is 13.1 Å². The summed E-state index contributed by atoms with van der Waals surface area (Å²) in [5.41, 5.74) is 1.49. The number of piperidine rings is 1. The van der Waals surface area contributed by atoms with Gasteiger partial charge in [-0.1, -0.05) is 46.3 Å². The zero-order valence-electron chi connectivity index (χ0n) is 11.3. The molecule has 0 amide bonds. The van der Waals surface area contributed by atoms with Crippen molar-refractivity contribution in [3.63, 3.8) is 0 Å². The standard InChI is InChI=1S/C17H22BrN/c18-17-9-5-4-8-15(17)16-12-19-11-10-14(16)13-6-2-1-3-7-13/h1-2,4-5,8-9,13-14,16,19H,3,6-7,10-12H2. The molecule has 1 nitrogen and oxygen atoms in total. The normalized spacial score (nSPS) is 31.3. The molecule has 1 fully saturated rings. The molecule has 1 aromatic carbocycles. The summed E-state index contributed by atoms with van der Waals surface area (Å²) >= 11 is 3.74. The molecule has 1 heterocycles. The lowest BCUT2D eigenvalue weighted by Gasteiger charge is -2.39. The molecule has 0 radical (unpaired) electrons. The van der Waals surface area contributed by atoms with Crippen molar-refractivity contribution in [2.24, 2.45) is 11.8 Å². The molecular weight excluding hydrogens is 298 g/mol. The highest BCUT2D eigenvalue weighted by Gasteiger charge is 2.33. The predicted molar refractivity (Wildman–Crippen MR) is 84.3 cm³/mol. The first kappa shape index (κ1) is 13.4. The van der Waals surface area contributed by atoms with Crippen LogP contribution in [0.3, 0.4) is 0 Å². The van der Waals surface area contributed by atoms with E-state index in [1.165, 1.54) is 42.3 Å². The van der Waals surface area contributed by atoms with E-state index >= 15 is 0 Å². The summed E-state index contributed by atoms with van der Waals surface area (Å²) in [6.45, 7) is 2.32. The lowest BCUT2D eigenvalue weighted by Crippen LogP contribution is -2.38. The molecule has 3 rings (SSSR count). The molecule has 1 aliphatic heterocycles. The van der Waals surface area contributed by atoms with E-state index in [2.05, 4.69) is 57.7 Å². The van der Waals surface area contributed by atoms with Gasteiger partial charge in [0.15, 0.2) is 0 Å². The third-order valence-corrected chi connectivity index (χ3v) is 5.48. The Morgan fingerprint density at radius 1 is 1.11 bits per heavy atom. The first-order valence-corrected chi connectivity index (χ1v) is 8.25. The van der Waals surface area contributed by atoms with Gasteiger partial charge in [-0.2, -0.15) is 0 Å². The van der Waals surface area contributed by atoms with Crippen LogP contribution in [0.4, 0.5) is 0 Å². The fraction of sp³-hybridized carbons (Fsp3) is 0.529. The Kier molecular flexibility index (Phi) is 4.39. The number of halogens is 1. The molecule has 19 heavy (non-hydrogen) atoms. The van der Waals surface area contributed by atoms with E-state index in [0.717, 1.165) is 18.4 Å². The molecular formula is C17H22BrN. The van der Waals surface area contributed by atoms with Crippen LogP contribution in [0.5, 0.6) is 0 Å². The van der Waals surface area contributed by atoms with Crippen LogP contribution >= 0.6 is 15.9 Å². The van der Waals surface area contributed by atoms with Crippen molar-refractivity contribution in [1.82, 2.24) is 5.32 Å². The van der Waals surface area contributed by atoms with E-state index in [1.54, 1.807) is 0 Å². The average Bonchev–Trinajstić information content (AvgIpc) is 2.49. The number of hydrogen-bond donors (Lipinski definition) is 1. The largest absolute Gasteiger partial charge is 0.316 e. The minimum atomic E-state index is 0.667. The Morgan fingerprint density at radius 3 is 2.79 bits per heavy atom. The van der Waals surface area contributed by atoms with Crippen LogP contribution in [0.2, 0.25) is 0 Å². The highest BCUT2D eigenvalue weighted by molar-refractivity contribution is 9.10. The molecule has 1 N–H and O–H groups in total. The Bertz CT molecular complexity index is 454. The van der Waals surface area contributed by atoms with E-state index in [-0.39, 0.29) is 0 Å². The second-order valence-corrected chi connectivity index (χ2v) is 6.68. The number of nitrogens with one attached hydrogen (secondary N) is 1. The van der Waals surface area contributed by atoms with E-state index < -0.39 is 0 Å². The maximum atomic E-state index is 3.74. The van der Waals surface area contributed by atoms with Gasteiger partial charge < -0.3 is 5.32 Å². The van der Waals surface area contributed by atoms with E-state index in [9.17, 15) is 0 Å². The zero-order chi connectivity index (χ0) is 13.1. The smallest absolute Gasteiger partial charge is 0.0210 e. The van der Waals surface area contributed by atoms with Crippen molar-refractivity contribution in [3.05, 3.63) is 46.5 Å². The van der Waals surface area contributed by atoms with Crippen LogP contribution in [0.15, 0.2) is 40.9 Å². The fourth-order valence-electron chi connectivity index (χ4n) is 3.77. The molecule has 1 aromatic rings. The third kappa shape index (κ3) is 2.95. The van der Waals surface area contributed by atoms with Gasteiger partial charge in [-0.25, -0.2) is 0 Å². The average molecular weight is 320 g/mol. The lowest BCUT2D eigenvalue weighted by atomic mass is 9.70. The quantitative estimate of drug-likeness (QED) is 0.791. The highest BCUT2D eigenvalue weighted by Crippen LogP contribution is 2.41. The molecule has 2 heteroatoms. The summed E-state index contributed by atoms with van der Waals surface area (Å²) < 4.78 is 1.28. The Labute approximate surface area is 124 Å². The Morgan fingerprint density at radius 2 is 2.00 bits per heavy atom. The van der Waals surface area contributed by atoms with Gasteiger partial charge in [-0.05, 0) is 55.7 Å². The molecule has 0 bridgehead atoms. The molecule has 0 aromatic heterocycles. The molecule has 1 saturated heterocycles. The fourth-order valence-corrected chi connectivity index (χ4v) is 4.34. The summed E-state index contributed by atoms with van der Waals surface area (Å²) in [5.74, 6) is 2.38. The summed E-state index contributed by atoms with van der Waals surface area (Å²) in [6, 6.07) is 8.77. The van der Waals surface area contributed by atoms with Crippen LogP contribution in [0.25, 0.3) is 0 Å². The van der Waals surface area contributed by atoms with E-state index in [0.29, 0.717) is 5.92 Å². The molecule has 0 spiro atoms. The van der Waals surface area contributed by atoms with Gasteiger partial charge in [0.1, 0.15) is 0 Å². The molecule has 1 aliphatic carbocycles. The molecule has 102 valence electrons. The van der Waals surface area contributed by atoms with Gasteiger partial charge in [0.05, 0.1) is 0 Å². The van der Waals surface area contributed by atoms with Crippen molar-refractivity contribution in [1.29, 1.82) is 0 Å². The molecule has 3 atom stereocenters. The van der Waals surface area contributed by atoms with Crippen LogP contribution in [-0.2, 0) is 0 Å². The topological polar surface area (TPSA) is 12.0 Å². The van der Waals surface area contributed by atoms with E-state index in [1.807, 2.05) is 0 Å². The van der Waals surface area contributed by atoms with Crippen LogP contribution < -0.4 is 5.32 Å².